The summed E-state index contributed by atoms with van der Waals surface area (Å²) in [4.78, 5) is 12.5. The molecule has 0 saturated heterocycles. The van der Waals surface area contributed by atoms with Gasteiger partial charge in [-0.05, 0) is 40.7 Å². The normalized spacial score (nSPS) is 11.8. The lowest BCUT2D eigenvalue weighted by molar-refractivity contribution is -0.115. The zero-order valence-corrected chi connectivity index (χ0v) is 15.4. The van der Waals surface area contributed by atoms with Crippen LogP contribution in [0.5, 0.6) is 0 Å². The summed E-state index contributed by atoms with van der Waals surface area (Å²) in [7, 11) is 0. The number of amides is 1. The Balaban J connectivity index is 1.67. The molecule has 0 saturated carbocycles. The van der Waals surface area contributed by atoms with Crippen molar-refractivity contribution in [3.63, 3.8) is 0 Å². The molecule has 3 aromatic carbocycles. The van der Waals surface area contributed by atoms with Crippen LogP contribution in [-0.4, -0.2) is 5.91 Å². The zero-order valence-electron chi connectivity index (χ0n) is 15.4. The smallest absolute Gasteiger partial charge is 0.228 e. The summed E-state index contributed by atoms with van der Waals surface area (Å²) < 4.78 is 0. The summed E-state index contributed by atoms with van der Waals surface area (Å²) in [6, 6.07) is 26.5. The Morgan fingerprint density at radius 3 is 2.15 bits per heavy atom. The van der Waals surface area contributed by atoms with E-state index in [1.165, 1.54) is 11.1 Å². The van der Waals surface area contributed by atoms with Crippen molar-refractivity contribution >= 4 is 11.6 Å². The lowest BCUT2D eigenvalue weighted by Gasteiger charge is -2.15. The van der Waals surface area contributed by atoms with Gasteiger partial charge in [0.1, 0.15) is 0 Å². The second-order valence-corrected chi connectivity index (χ2v) is 6.68. The van der Waals surface area contributed by atoms with E-state index in [-0.39, 0.29) is 5.91 Å². The van der Waals surface area contributed by atoms with Crippen molar-refractivity contribution < 1.29 is 4.79 Å². The standard InChI is InChI=1S/C24H25NO/c1-3-18(2)22-11-7-8-12-23(22)25-24(26)17-19-13-15-21(16-14-19)20-9-5-4-6-10-20/h4-16,18H,3,17H2,1-2H3,(H,25,26)/t18-/m0/s1. The highest BCUT2D eigenvalue weighted by molar-refractivity contribution is 5.93. The fourth-order valence-corrected chi connectivity index (χ4v) is 3.09. The first-order valence-electron chi connectivity index (χ1n) is 9.20. The molecular formula is C24H25NO. The number of benzene rings is 3. The van der Waals surface area contributed by atoms with Gasteiger partial charge in [-0.2, -0.15) is 0 Å². The molecular weight excluding hydrogens is 318 g/mol. The molecule has 1 atom stereocenters. The molecule has 26 heavy (non-hydrogen) atoms. The van der Waals surface area contributed by atoms with Crippen molar-refractivity contribution in [3.8, 4) is 11.1 Å². The van der Waals surface area contributed by atoms with Crippen LogP contribution in [-0.2, 0) is 11.2 Å². The summed E-state index contributed by atoms with van der Waals surface area (Å²) in [6.07, 6.45) is 1.43. The highest BCUT2D eigenvalue weighted by atomic mass is 16.1. The molecule has 0 fully saturated rings. The summed E-state index contributed by atoms with van der Waals surface area (Å²) >= 11 is 0. The Morgan fingerprint density at radius 1 is 0.846 bits per heavy atom. The highest BCUT2D eigenvalue weighted by Crippen LogP contribution is 2.26. The molecule has 0 unspecified atom stereocenters. The van der Waals surface area contributed by atoms with Crippen LogP contribution < -0.4 is 5.32 Å². The minimum Gasteiger partial charge on any atom is -0.326 e. The maximum atomic E-state index is 12.5. The molecule has 2 nitrogen and oxygen atoms in total. The lowest BCUT2D eigenvalue weighted by Crippen LogP contribution is -2.16. The highest BCUT2D eigenvalue weighted by Gasteiger charge is 2.11. The molecule has 0 heterocycles. The lowest BCUT2D eigenvalue weighted by atomic mass is 9.96. The van der Waals surface area contributed by atoms with Crippen LogP contribution in [0, 0.1) is 0 Å². The van der Waals surface area contributed by atoms with Gasteiger partial charge in [0.2, 0.25) is 5.91 Å². The van der Waals surface area contributed by atoms with Crippen molar-refractivity contribution in [2.24, 2.45) is 0 Å². The Bertz CT molecular complexity index is 853. The van der Waals surface area contributed by atoms with Gasteiger partial charge in [-0.15, -0.1) is 0 Å². The number of rotatable bonds is 6. The molecule has 3 aromatic rings. The molecule has 0 aliphatic heterocycles. The van der Waals surface area contributed by atoms with E-state index >= 15 is 0 Å². The van der Waals surface area contributed by atoms with Gasteiger partial charge in [0.15, 0.2) is 0 Å². The summed E-state index contributed by atoms with van der Waals surface area (Å²) in [6.45, 7) is 4.35. The third-order valence-corrected chi connectivity index (χ3v) is 4.80. The van der Waals surface area contributed by atoms with Gasteiger partial charge in [-0.25, -0.2) is 0 Å². The van der Waals surface area contributed by atoms with Crippen molar-refractivity contribution in [2.75, 3.05) is 5.32 Å². The van der Waals surface area contributed by atoms with E-state index in [0.717, 1.165) is 23.2 Å². The van der Waals surface area contributed by atoms with Gasteiger partial charge < -0.3 is 5.32 Å². The van der Waals surface area contributed by atoms with Crippen LogP contribution in [0.4, 0.5) is 5.69 Å². The van der Waals surface area contributed by atoms with Crippen LogP contribution in [0.3, 0.4) is 0 Å². The van der Waals surface area contributed by atoms with Crippen molar-refractivity contribution in [1.82, 2.24) is 0 Å². The molecule has 0 bridgehead atoms. The fraction of sp³-hybridized carbons (Fsp3) is 0.208. The van der Waals surface area contributed by atoms with E-state index in [1.807, 2.05) is 48.5 Å². The molecule has 0 aliphatic carbocycles. The predicted octanol–water partition coefficient (Wildman–Crippen LogP) is 6.05. The number of carbonyl (C=O) groups excluding carboxylic acids is 1. The van der Waals surface area contributed by atoms with Crippen LogP contribution in [0.2, 0.25) is 0 Å². The number of anilines is 1. The molecule has 0 aromatic heterocycles. The third kappa shape index (κ3) is 4.40. The number of hydrogen-bond acceptors (Lipinski definition) is 1. The van der Waals surface area contributed by atoms with Gasteiger partial charge >= 0.3 is 0 Å². The van der Waals surface area contributed by atoms with E-state index in [2.05, 4.69) is 49.5 Å². The fourth-order valence-electron chi connectivity index (χ4n) is 3.09. The van der Waals surface area contributed by atoms with Gasteiger partial charge in [-0.3, -0.25) is 4.79 Å². The first-order valence-corrected chi connectivity index (χ1v) is 9.20. The predicted molar refractivity (Wildman–Crippen MR) is 109 cm³/mol. The Kier molecular flexibility index (Phi) is 5.85. The first-order chi connectivity index (χ1) is 12.7. The minimum absolute atomic E-state index is 0.0215. The topological polar surface area (TPSA) is 29.1 Å². The Morgan fingerprint density at radius 2 is 1.46 bits per heavy atom. The Hall–Kier alpha value is -2.87. The average Bonchev–Trinajstić information content (AvgIpc) is 2.69. The number of carbonyl (C=O) groups is 1. The quantitative estimate of drug-likeness (QED) is 0.580. The summed E-state index contributed by atoms with van der Waals surface area (Å²) in [5.41, 5.74) is 5.49. The Labute approximate surface area is 155 Å². The van der Waals surface area contributed by atoms with Crippen LogP contribution >= 0.6 is 0 Å². The van der Waals surface area contributed by atoms with Crippen molar-refractivity contribution in [2.45, 2.75) is 32.6 Å². The maximum absolute atomic E-state index is 12.5. The van der Waals surface area contributed by atoms with Gasteiger partial charge in [-0.1, -0.05) is 86.6 Å². The minimum atomic E-state index is 0.0215. The molecule has 1 N–H and O–H groups in total. The second-order valence-electron chi connectivity index (χ2n) is 6.68. The van der Waals surface area contributed by atoms with Crippen LogP contribution in [0.1, 0.15) is 37.3 Å². The molecule has 132 valence electrons. The zero-order chi connectivity index (χ0) is 18.4. The maximum Gasteiger partial charge on any atom is 0.228 e. The molecule has 3 rings (SSSR count). The summed E-state index contributed by atoms with van der Waals surface area (Å²) in [5.74, 6) is 0.449. The molecule has 2 heteroatoms. The third-order valence-electron chi connectivity index (χ3n) is 4.80. The number of nitrogens with one attached hydrogen (secondary N) is 1. The van der Waals surface area contributed by atoms with E-state index in [0.29, 0.717) is 12.3 Å². The van der Waals surface area contributed by atoms with Crippen LogP contribution in [0.25, 0.3) is 11.1 Å². The molecule has 1 amide bonds. The van der Waals surface area contributed by atoms with Crippen molar-refractivity contribution in [3.05, 3.63) is 90.0 Å². The van der Waals surface area contributed by atoms with E-state index < -0.39 is 0 Å². The van der Waals surface area contributed by atoms with E-state index in [1.54, 1.807) is 0 Å². The van der Waals surface area contributed by atoms with Gasteiger partial charge in [0.25, 0.3) is 0 Å². The monoisotopic (exact) mass is 343 g/mol. The second kappa shape index (κ2) is 8.48. The number of para-hydroxylation sites is 1. The average molecular weight is 343 g/mol. The van der Waals surface area contributed by atoms with E-state index in [4.69, 9.17) is 0 Å². The van der Waals surface area contributed by atoms with Gasteiger partial charge in [0, 0.05) is 5.69 Å². The SMILES string of the molecule is CC[C@H](C)c1ccccc1NC(=O)Cc1ccc(-c2ccccc2)cc1. The largest absolute Gasteiger partial charge is 0.326 e. The molecule has 0 spiro atoms. The van der Waals surface area contributed by atoms with E-state index in [9.17, 15) is 4.79 Å². The van der Waals surface area contributed by atoms with Gasteiger partial charge in [0.05, 0.1) is 6.42 Å². The summed E-state index contributed by atoms with van der Waals surface area (Å²) in [5, 5.41) is 3.08. The van der Waals surface area contributed by atoms with Crippen LogP contribution in [0.15, 0.2) is 78.9 Å². The first kappa shape index (κ1) is 17.9. The molecule has 0 aliphatic rings. The molecule has 0 radical (unpaired) electrons. The number of hydrogen-bond donors (Lipinski definition) is 1. The van der Waals surface area contributed by atoms with Crippen molar-refractivity contribution in [1.29, 1.82) is 0 Å².